The maximum Gasteiger partial charge on any atom is 0.279 e. The number of nitrogens with one attached hydrogen (secondary N) is 3. The molecule has 2 aromatic heterocycles. The fourth-order valence-electron chi connectivity index (χ4n) is 1.47. The molecule has 0 aliphatic rings. The van der Waals surface area contributed by atoms with E-state index in [-0.39, 0.29) is 11.6 Å². The van der Waals surface area contributed by atoms with Gasteiger partial charge in [0.2, 0.25) is 0 Å². The molecule has 0 spiro atoms. The normalized spacial score (nSPS) is 10.5. The van der Waals surface area contributed by atoms with Crippen LogP contribution in [0.2, 0.25) is 0 Å². The molecule has 17 heavy (non-hydrogen) atoms. The molecule has 0 radical (unpaired) electrons. The number of rotatable bonds is 3. The number of aromatic amines is 2. The van der Waals surface area contributed by atoms with E-state index in [4.69, 9.17) is 5.73 Å². The van der Waals surface area contributed by atoms with Gasteiger partial charge in [-0.15, -0.1) is 0 Å². The van der Waals surface area contributed by atoms with E-state index in [0.29, 0.717) is 17.9 Å². The summed E-state index contributed by atoms with van der Waals surface area (Å²) in [4.78, 5) is 11.9. The van der Waals surface area contributed by atoms with E-state index in [9.17, 15) is 4.79 Å². The third kappa shape index (κ3) is 1.99. The van der Waals surface area contributed by atoms with Gasteiger partial charge in [-0.3, -0.25) is 15.0 Å². The van der Waals surface area contributed by atoms with E-state index in [0.717, 1.165) is 11.3 Å². The molecule has 0 aliphatic heterocycles. The molecule has 0 unspecified atom stereocenters. The Labute approximate surface area is 97.8 Å². The number of H-pyrrole nitrogens is 2. The number of nitrogens with zero attached hydrogens (tertiary/aromatic N) is 2. The van der Waals surface area contributed by atoms with Crippen molar-refractivity contribution in [3.05, 3.63) is 23.1 Å². The zero-order valence-corrected chi connectivity index (χ0v) is 9.66. The highest BCUT2D eigenvalue weighted by Crippen LogP contribution is 2.16. The van der Waals surface area contributed by atoms with Crippen LogP contribution >= 0.6 is 0 Å². The number of amides is 1. The second-order valence-corrected chi connectivity index (χ2v) is 3.70. The standard InChI is InChI=1S/C10H14N6O/c1-3-6-7(11)8(15-14-6)10(17)13-9-5(2)4-12-16-9/h4H,3,11H2,1-2H3,(H,14,15)(H2,12,13,16,17). The van der Waals surface area contributed by atoms with E-state index in [1.807, 2.05) is 13.8 Å². The number of hydrogen-bond donors (Lipinski definition) is 4. The molecule has 2 rings (SSSR count). The summed E-state index contributed by atoms with van der Waals surface area (Å²) in [5.41, 5.74) is 8.01. The Hall–Kier alpha value is -2.31. The minimum Gasteiger partial charge on any atom is -0.395 e. The largest absolute Gasteiger partial charge is 0.395 e. The number of carbonyl (C=O) groups excluding carboxylic acids is 1. The van der Waals surface area contributed by atoms with Crippen molar-refractivity contribution in [2.75, 3.05) is 11.1 Å². The molecule has 1 amide bonds. The lowest BCUT2D eigenvalue weighted by molar-refractivity contribution is 0.102. The number of nitrogen functional groups attached to an aromatic ring is 1. The zero-order valence-electron chi connectivity index (χ0n) is 9.66. The van der Waals surface area contributed by atoms with Crippen LogP contribution in [0.25, 0.3) is 0 Å². The summed E-state index contributed by atoms with van der Waals surface area (Å²) in [6, 6.07) is 0. The molecule has 7 heteroatoms. The average molecular weight is 234 g/mol. The smallest absolute Gasteiger partial charge is 0.279 e. The highest BCUT2D eigenvalue weighted by Gasteiger charge is 2.17. The van der Waals surface area contributed by atoms with Crippen molar-refractivity contribution in [1.82, 2.24) is 20.4 Å². The second kappa shape index (κ2) is 4.28. The molecule has 90 valence electrons. The summed E-state index contributed by atoms with van der Waals surface area (Å²) in [5, 5.41) is 15.8. The number of aromatic nitrogens is 4. The van der Waals surface area contributed by atoms with Crippen molar-refractivity contribution in [3.8, 4) is 0 Å². The SMILES string of the molecule is CCc1[nH]nc(C(=O)Nc2[nH]ncc2C)c1N. The molecule has 2 heterocycles. The Morgan fingerprint density at radius 3 is 2.82 bits per heavy atom. The highest BCUT2D eigenvalue weighted by molar-refractivity contribution is 6.06. The molecule has 0 fully saturated rings. The first kappa shape index (κ1) is 11.2. The second-order valence-electron chi connectivity index (χ2n) is 3.70. The van der Waals surface area contributed by atoms with Gasteiger partial charge in [0.25, 0.3) is 5.91 Å². The molecule has 0 aromatic carbocycles. The third-order valence-corrected chi connectivity index (χ3v) is 2.52. The molecule has 0 aliphatic carbocycles. The van der Waals surface area contributed by atoms with Crippen molar-refractivity contribution in [2.45, 2.75) is 20.3 Å². The monoisotopic (exact) mass is 234 g/mol. The zero-order chi connectivity index (χ0) is 12.4. The van der Waals surface area contributed by atoms with Gasteiger partial charge in [0.05, 0.1) is 17.6 Å². The van der Waals surface area contributed by atoms with Crippen molar-refractivity contribution in [3.63, 3.8) is 0 Å². The van der Waals surface area contributed by atoms with Gasteiger partial charge in [-0.1, -0.05) is 6.92 Å². The van der Waals surface area contributed by atoms with Gasteiger partial charge < -0.3 is 11.1 Å². The van der Waals surface area contributed by atoms with Crippen LogP contribution in [-0.4, -0.2) is 26.3 Å². The number of aryl methyl sites for hydroxylation is 2. The van der Waals surface area contributed by atoms with Crippen LogP contribution in [0.4, 0.5) is 11.5 Å². The molecule has 0 saturated heterocycles. The van der Waals surface area contributed by atoms with Crippen LogP contribution in [-0.2, 0) is 6.42 Å². The van der Waals surface area contributed by atoms with Crippen LogP contribution in [0.15, 0.2) is 6.20 Å². The fourth-order valence-corrected chi connectivity index (χ4v) is 1.47. The lowest BCUT2D eigenvalue weighted by Crippen LogP contribution is -2.15. The lowest BCUT2D eigenvalue weighted by atomic mass is 10.2. The van der Waals surface area contributed by atoms with Crippen molar-refractivity contribution in [1.29, 1.82) is 0 Å². The summed E-state index contributed by atoms with van der Waals surface area (Å²) in [6.45, 7) is 3.77. The molecule has 0 bridgehead atoms. The fraction of sp³-hybridized carbons (Fsp3) is 0.300. The van der Waals surface area contributed by atoms with Gasteiger partial charge in [-0.25, -0.2) is 0 Å². The summed E-state index contributed by atoms with van der Waals surface area (Å²) in [5.74, 6) is 0.196. The molecule has 2 aromatic rings. The van der Waals surface area contributed by atoms with Crippen LogP contribution < -0.4 is 11.1 Å². The molecule has 0 saturated carbocycles. The van der Waals surface area contributed by atoms with Crippen LogP contribution in [0.1, 0.15) is 28.7 Å². The van der Waals surface area contributed by atoms with Crippen molar-refractivity contribution >= 4 is 17.4 Å². The maximum atomic E-state index is 11.9. The van der Waals surface area contributed by atoms with E-state index in [1.54, 1.807) is 6.20 Å². The molecular weight excluding hydrogens is 220 g/mol. The molecule has 7 nitrogen and oxygen atoms in total. The summed E-state index contributed by atoms with van der Waals surface area (Å²) < 4.78 is 0. The van der Waals surface area contributed by atoms with E-state index in [2.05, 4.69) is 25.7 Å². The Bertz CT molecular complexity index is 541. The quantitative estimate of drug-likeness (QED) is 0.630. The van der Waals surface area contributed by atoms with E-state index in [1.165, 1.54) is 0 Å². The Morgan fingerprint density at radius 2 is 2.29 bits per heavy atom. The van der Waals surface area contributed by atoms with Crippen LogP contribution in [0.3, 0.4) is 0 Å². The molecule has 0 atom stereocenters. The van der Waals surface area contributed by atoms with Gasteiger partial charge in [0, 0.05) is 5.56 Å². The third-order valence-electron chi connectivity index (χ3n) is 2.52. The summed E-state index contributed by atoms with van der Waals surface area (Å²) >= 11 is 0. The Morgan fingerprint density at radius 1 is 1.53 bits per heavy atom. The summed E-state index contributed by atoms with van der Waals surface area (Å²) in [7, 11) is 0. The van der Waals surface area contributed by atoms with Gasteiger partial charge in [-0.2, -0.15) is 10.2 Å². The minimum atomic E-state index is -0.356. The van der Waals surface area contributed by atoms with Gasteiger partial charge in [-0.05, 0) is 13.3 Å². The van der Waals surface area contributed by atoms with Gasteiger partial charge >= 0.3 is 0 Å². The Balaban J connectivity index is 2.20. The topological polar surface area (TPSA) is 112 Å². The average Bonchev–Trinajstić information content (AvgIpc) is 2.86. The number of anilines is 2. The van der Waals surface area contributed by atoms with Gasteiger partial charge in [0.15, 0.2) is 5.69 Å². The molecular formula is C10H14N6O. The summed E-state index contributed by atoms with van der Waals surface area (Å²) in [6.07, 6.45) is 2.33. The Kier molecular flexibility index (Phi) is 2.82. The number of carbonyl (C=O) groups is 1. The van der Waals surface area contributed by atoms with Crippen molar-refractivity contribution < 1.29 is 4.79 Å². The number of nitrogens with two attached hydrogens (primary N) is 1. The van der Waals surface area contributed by atoms with E-state index >= 15 is 0 Å². The minimum absolute atomic E-state index is 0.204. The first-order chi connectivity index (χ1) is 8.13. The highest BCUT2D eigenvalue weighted by atomic mass is 16.2. The predicted octanol–water partition coefficient (Wildman–Crippen LogP) is 0.838. The maximum absolute atomic E-state index is 11.9. The first-order valence-electron chi connectivity index (χ1n) is 5.27. The first-order valence-corrected chi connectivity index (χ1v) is 5.27. The lowest BCUT2D eigenvalue weighted by Gasteiger charge is -2.01. The van der Waals surface area contributed by atoms with Crippen LogP contribution in [0, 0.1) is 6.92 Å². The van der Waals surface area contributed by atoms with Crippen molar-refractivity contribution in [2.24, 2.45) is 0 Å². The van der Waals surface area contributed by atoms with E-state index < -0.39 is 0 Å². The van der Waals surface area contributed by atoms with Crippen LogP contribution in [0.5, 0.6) is 0 Å². The molecule has 5 N–H and O–H groups in total. The van der Waals surface area contributed by atoms with Gasteiger partial charge in [0.1, 0.15) is 5.82 Å². The number of hydrogen-bond acceptors (Lipinski definition) is 4. The predicted molar refractivity (Wildman–Crippen MR) is 63.7 cm³/mol.